The van der Waals surface area contributed by atoms with E-state index >= 15 is 0 Å². The standard InChI is InChI=1S/C34H46N4O2/c1-4-38-32(21-30(35-38)20-26-11-7-5-8-12-26)28-15-17-36(18-16-28)22-29-23-37(33(34(39)40)19-25(2)3)24-31(29)27-13-9-6-10-14-27/h5-14,21,25,28-29,31,33H,4,15-20,22-24H2,1-3H3,(H,39,40). The van der Waals surface area contributed by atoms with Gasteiger partial charge >= 0.3 is 5.97 Å². The number of carboxylic acid groups (broad SMARTS) is 1. The van der Waals surface area contributed by atoms with Gasteiger partial charge in [0.2, 0.25) is 0 Å². The minimum atomic E-state index is -0.679. The van der Waals surface area contributed by atoms with Gasteiger partial charge in [-0.1, -0.05) is 74.5 Å². The van der Waals surface area contributed by atoms with Crippen LogP contribution in [0.3, 0.4) is 0 Å². The Hall–Kier alpha value is -2.96. The maximum atomic E-state index is 12.2. The Labute approximate surface area is 240 Å². The highest BCUT2D eigenvalue weighted by Gasteiger charge is 2.40. The second-order valence-corrected chi connectivity index (χ2v) is 12.3. The van der Waals surface area contributed by atoms with Gasteiger partial charge in [0, 0.05) is 50.1 Å². The lowest BCUT2D eigenvalue weighted by molar-refractivity contribution is -0.143. The van der Waals surface area contributed by atoms with E-state index in [9.17, 15) is 9.90 Å². The second kappa shape index (κ2) is 13.1. The van der Waals surface area contributed by atoms with Crippen LogP contribution in [0.4, 0.5) is 0 Å². The maximum Gasteiger partial charge on any atom is 0.320 e. The van der Waals surface area contributed by atoms with E-state index in [0.29, 0.717) is 30.1 Å². The van der Waals surface area contributed by atoms with Crippen LogP contribution in [0, 0.1) is 11.8 Å². The van der Waals surface area contributed by atoms with Crippen molar-refractivity contribution < 1.29 is 9.90 Å². The van der Waals surface area contributed by atoms with Gasteiger partial charge in [-0.15, -0.1) is 0 Å². The van der Waals surface area contributed by atoms with Gasteiger partial charge in [0.1, 0.15) is 6.04 Å². The van der Waals surface area contributed by atoms with E-state index in [1.54, 1.807) is 0 Å². The number of benzene rings is 2. The molecule has 0 radical (unpaired) electrons. The van der Waals surface area contributed by atoms with Crippen molar-refractivity contribution in [3.05, 3.63) is 89.2 Å². The minimum absolute atomic E-state index is 0.360. The molecule has 2 aromatic carbocycles. The number of carbonyl (C=O) groups is 1. The summed E-state index contributed by atoms with van der Waals surface area (Å²) in [5.74, 6) is 1.03. The number of carboxylic acids is 1. The van der Waals surface area contributed by atoms with Crippen molar-refractivity contribution in [3.63, 3.8) is 0 Å². The van der Waals surface area contributed by atoms with E-state index in [-0.39, 0.29) is 0 Å². The number of hydrogen-bond acceptors (Lipinski definition) is 4. The third kappa shape index (κ3) is 6.84. The van der Waals surface area contributed by atoms with Crippen molar-refractivity contribution in [1.29, 1.82) is 0 Å². The van der Waals surface area contributed by atoms with Gasteiger partial charge in [-0.25, -0.2) is 0 Å². The van der Waals surface area contributed by atoms with Crippen LogP contribution in [0.15, 0.2) is 66.7 Å². The molecule has 0 amide bonds. The van der Waals surface area contributed by atoms with Gasteiger partial charge in [0.15, 0.2) is 0 Å². The van der Waals surface area contributed by atoms with Gasteiger partial charge in [-0.05, 0) is 68.3 Å². The van der Waals surface area contributed by atoms with Crippen LogP contribution < -0.4 is 0 Å². The lowest BCUT2D eigenvalue weighted by atomic mass is 9.87. The van der Waals surface area contributed by atoms with E-state index in [4.69, 9.17) is 5.10 Å². The molecule has 3 heterocycles. The largest absolute Gasteiger partial charge is 0.480 e. The minimum Gasteiger partial charge on any atom is -0.480 e. The van der Waals surface area contributed by atoms with E-state index in [1.807, 2.05) is 0 Å². The van der Waals surface area contributed by atoms with Crippen LogP contribution in [-0.4, -0.2) is 69.4 Å². The topological polar surface area (TPSA) is 61.6 Å². The lowest BCUT2D eigenvalue weighted by Gasteiger charge is -2.35. The van der Waals surface area contributed by atoms with E-state index in [1.165, 1.54) is 16.8 Å². The zero-order valence-electron chi connectivity index (χ0n) is 24.5. The molecular formula is C34H46N4O2. The average molecular weight is 543 g/mol. The molecule has 2 aliphatic rings. The number of nitrogens with zero attached hydrogens (tertiary/aromatic N) is 4. The number of aliphatic carboxylic acids is 1. The fourth-order valence-electron chi connectivity index (χ4n) is 6.98. The third-order valence-corrected chi connectivity index (χ3v) is 9.01. The van der Waals surface area contributed by atoms with Crippen molar-refractivity contribution in [2.75, 3.05) is 32.7 Å². The molecule has 2 saturated heterocycles. The number of aromatic nitrogens is 2. The molecule has 3 unspecified atom stereocenters. The SMILES string of the molecule is CCn1nc(Cc2ccccc2)cc1C1CCN(CC2CN(C(CC(C)C)C(=O)O)CC2c2ccccc2)CC1. The molecule has 214 valence electrons. The monoisotopic (exact) mass is 542 g/mol. The predicted molar refractivity (Wildman–Crippen MR) is 161 cm³/mol. The molecule has 2 aliphatic heterocycles. The van der Waals surface area contributed by atoms with Crippen LogP contribution in [0.5, 0.6) is 0 Å². The van der Waals surface area contributed by atoms with Crippen molar-refractivity contribution in [3.8, 4) is 0 Å². The fourth-order valence-corrected chi connectivity index (χ4v) is 6.98. The lowest BCUT2D eigenvalue weighted by Crippen LogP contribution is -2.42. The predicted octanol–water partition coefficient (Wildman–Crippen LogP) is 5.89. The molecule has 40 heavy (non-hydrogen) atoms. The van der Waals surface area contributed by atoms with Crippen molar-refractivity contribution >= 4 is 5.97 Å². The molecular weight excluding hydrogens is 496 g/mol. The molecule has 0 aliphatic carbocycles. The Kier molecular flexibility index (Phi) is 9.38. The first-order chi connectivity index (χ1) is 19.4. The van der Waals surface area contributed by atoms with Crippen molar-refractivity contribution in [1.82, 2.24) is 19.6 Å². The Balaban J connectivity index is 1.24. The first-order valence-electron chi connectivity index (χ1n) is 15.3. The number of rotatable bonds is 11. The second-order valence-electron chi connectivity index (χ2n) is 12.3. The molecule has 3 atom stereocenters. The Bertz CT molecular complexity index is 1220. The smallest absolute Gasteiger partial charge is 0.320 e. The van der Waals surface area contributed by atoms with Crippen molar-refractivity contribution in [2.45, 2.75) is 70.9 Å². The van der Waals surface area contributed by atoms with E-state index < -0.39 is 12.0 Å². The van der Waals surface area contributed by atoms with Gasteiger partial charge < -0.3 is 10.0 Å². The summed E-state index contributed by atoms with van der Waals surface area (Å²) in [5.41, 5.74) is 5.20. The molecule has 5 rings (SSSR count). The Morgan fingerprint density at radius 1 is 1.00 bits per heavy atom. The zero-order chi connectivity index (χ0) is 28.1. The van der Waals surface area contributed by atoms with Gasteiger partial charge in [-0.3, -0.25) is 14.4 Å². The number of aryl methyl sites for hydroxylation is 1. The zero-order valence-corrected chi connectivity index (χ0v) is 24.5. The summed E-state index contributed by atoms with van der Waals surface area (Å²) in [6.45, 7) is 12.2. The summed E-state index contributed by atoms with van der Waals surface area (Å²) < 4.78 is 2.22. The highest BCUT2D eigenvalue weighted by Crippen LogP contribution is 2.37. The average Bonchev–Trinajstić information content (AvgIpc) is 3.57. The number of likely N-dealkylation sites (tertiary alicyclic amines) is 2. The summed E-state index contributed by atoms with van der Waals surface area (Å²) in [4.78, 5) is 17.1. The number of hydrogen-bond donors (Lipinski definition) is 1. The van der Waals surface area contributed by atoms with Crippen LogP contribution in [0.25, 0.3) is 0 Å². The first kappa shape index (κ1) is 28.6. The number of piperidine rings is 1. The molecule has 1 aromatic heterocycles. The Morgan fingerprint density at radius 2 is 1.68 bits per heavy atom. The van der Waals surface area contributed by atoms with Crippen LogP contribution in [0.2, 0.25) is 0 Å². The molecule has 2 fully saturated rings. The summed E-state index contributed by atoms with van der Waals surface area (Å²) in [7, 11) is 0. The quantitative estimate of drug-likeness (QED) is 0.328. The van der Waals surface area contributed by atoms with Crippen LogP contribution >= 0.6 is 0 Å². The van der Waals surface area contributed by atoms with Crippen molar-refractivity contribution in [2.24, 2.45) is 11.8 Å². The van der Waals surface area contributed by atoms with Crippen LogP contribution in [-0.2, 0) is 17.8 Å². The molecule has 6 nitrogen and oxygen atoms in total. The van der Waals surface area contributed by atoms with Crippen LogP contribution in [0.1, 0.15) is 74.4 Å². The maximum absolute atomic E-state index is 12.2. The molecule has 6 heteroatoms. The highest BCUT2D eigenvalue weighted by molar-refractivity contribution is 5.73. The third-order valence-electron chi connectivity index (χ3n) is 9.01. The first-order valence-corrected chi connectivity index (χ1v) is 15.3. The molecule has 3 aromatic rings. The highest BCUT2D eigenvalue weighted by atomic mass is 16.4. The van der Waals surface area contributed by atoms with Gasteiger partial charge in [-0.2, -0.15) is 5.10 Å². The normalized spacial score (nSPS) is 21.7. The van der Waals surface area contributed by atoms with E-state index in [0.717, 1.165) is 64.2 Å². The van der Waals surface area contributed by atoms with Gasteiger partial charge in [0.05, 0.1) is 5.69 Å². The van der Waals surface area contributed by atoms with E-state index in [2.05, 4.69) is 102 Å². The fraction of sp³-hybridized carbons (Fsp3) is 0.529. The summed E-state index contributed by atoms with van der Waals surface area (Å²) in [6, 6.07) is 23.3. The molecule has 0 bridgehead atoms. The summed E-state index contributed by atoms with van der Waals surface area (Å²) >= 11 is 0. The Morgan fingerprint density at radius 3 is 2.30 bits per heavy atom. The van der Waals surface area contributed by atoms with Gasteiger partial charge in [0.25, 0.3) is 0 Å². The molecule has 0 spiro atoms. The summed E-state index contributed by atoms with van der Waals surface area (Å²) in [6.07, 6.45) is 3.88. The summed E-state index contributed by atoms with van der Waals surface area (Å²) in [5, 5.41) is 15.0. The molecule has 0 saturated carbocycles. The molecule has 1 N–H and O–H groups in total.